The van der Waals surface area contributed by atoms with Gasteiger partial charge in [-0.2, -0.15) is 0 Å². The van der Waals surface area contributed by atoms with Gasteiger partial charge in [0.25, 0.3) is 0 Å². The molecule has 2 aliphatic rings. The normalized spacial score (nSPS) is 26.4. The van der Waals surface area contributed by atoms with Crippen molar-refractivity contribution in [1.29, 1.82) is 0 Å². The van der Waals surface area contributed by atoms with E-state index in [-0.39, 0.29) is 17.7 Å². The maximum Gasteiger partial charge on any atom is 0.329 e. The predicted molar refractivity (Wildman–Crippen MR) is 74.7 cm³/mol. The predicted octanol–water partition coefficient (Wildman–Crippen LogP) is 2.57. The van der Waals surface area contributed by atoms with Gasteiger partial charge >= 0.3 is 5.97 Å². The molecule has 2 saturated carbocycles. The van der Waals surface area contributed by atoms with Crippen LogP contribution in [0.25, 0.3) is 0 Å². The second kappa shape index (κ2) is 4.77. The zero-order valence-electron chi connectivity index (χ0n) is 10.9. The van der Waals surface area contributed by atoms with E-state index in [1.54, 1.807) is 6.07 Å². The first kappa shape index (κ1) is 13.4. The Bertz CT molecular complexity index is 568. The van der Waals surface area contributed by atoms with Crippen LogP contribution in [0.2, 0.25) is 5.02 Å². The molecule has 106 valence electrons. The summed E-state index contributed by atoms with van der Waals surface area (Å²) in [7, 11) is 0. The number of aliphatic carboxylic acids is 1. The number of rotatable bonds is 4. The molecule has 0 unspecified atom stereocenters. The Hall–Kier alpha value is -1.55. The van der Waals surface area contributed by atoms with Gasteiger partial charge in [-0.15, -0.1) is 0 Å². The van der Waals surface area contributed by atoms with Crippen LogP contribution in [-0.4, -0.2) is 22.5 Å². The summed E-state index contributed by atoms with van der Waals surface area (Å²) in [4.78, 5) is 23.4. The van der Waals surface area contributed by atoms with Crippen LogP contribution in [0.5, 0.6) is 0 Å². The van der Waals surface area contributed by atoms with Crippen LogP contribution in [0, 0.1) is 5.92 Å². The smallest absolute Gasteiger partial charge is 0.329 e. The van der Waals surface area contributed by atoms with Crippen LogP contribution in [0.15, 0.2) is 24.3 Å². The molecular weight excluding hydrogens is 278 g/mol. The lowest BCUT2D eigenvalue weighted by atomic mass is 9.76. The van der Waals surface area contributed by atoms with Gasteiger partial charge in [-0.05, 0) is 49.3 Å². The average molecular weight is 294 g/mol. The Morgan fingerprint density at radius 3 is 2.65 bits per heavy atom. The Morgan fingerprint density at radius 1 is 1.35 bits per heavy atom. The Balaban J connectivity index is 1.64. The van der Waals surface area contributed by atoms with Crippen molar-refractivity contribution in [3.8, 4) is 0 Å². The molecule has 0 radical (unpaired) electrons. The fraction of sp³-hybridized carbons (Fsp3) is 0.467. The third-order valence-electron chi connectivity index (χ3n) is 4.38. The highest BCUT2D eigenvalue weighted by molar-refractivity contribution is 6.30. The number of amides is 1. The molecule has 2 atom stereocenters. The van der Waals surface area contributed by atoms with Gasteiger partial charge in [-0.3, -0.25) is 4.79 Å². The zero-order valence-corrected chi connectivity index (χ0v) is 11.7. The van der Waals surface area contributed by atoms with Crippen LogP contribution in [0.1, 0.15) is 37.2 Å². The quantitative estimate of drug-likeness (QED) is 0.896. The van der Waals surface area contributed by atoms with Crippen molar-refractivity contribution in [2.45, 2.75) is 37.1 Å². The van der Waals surface area contributed by atoms with Crippen LogP contribution < -0.4 is 5.32 Å². The van der Waals surface area contributed by atoms with E-state index in [0.29, 0.717) is 17.9 Å². The van der Waals surface area contributed by atoms with Crippen LogP contribution >= 0.6 is 11.6 Å². The minimum atomic E-state index is -1.02. The summed E-state index contributed by atoms with van der Waals surface area (Å²) >= 11 is 5.95. The second-order valence-electron chi connectivity index (χ2n) is 5.73. The molecule has 0 heterocycles. The van der Waals surface area contributed by atoms with E-state index in [4.69, 9.17) is 11.6 Å². The van der Waals surface area contributed by atoms with Gasteiger partial charge in [0.15, 0.2) is 0 Å². The summed E-state index contributed by atoms with van der Waals surface area (Å²) in [6, 6.07) is 7.50. The van der Waals surface area contributed by atoms with Crippen molar-refractivity contribution in [2.24, 2.45) is 5.92 Å². The van der Waals surface area contributed by atoms with Crippen molar-refractivity contribution in [3.63, 3.8) is 0 Å². The maximum absolute atomic E-state index is 12.2. The van der Waals surface area contributed by atoms with E-state index in [0.717, 1.165) is 18.4 Å². The molecule has 5 heteroatoms. The third kappa shape index (κ3) is 2.29. The van der Waals surface area contributed by atoms with Gasteiger partial charge in [-0.1, -0.05) is 23.7 Å². The molecule has 2 fully saturated rings. The van der Waals surface area contributed by atoms with Gasteiger partial charge in [0.05, 0.1) is 0 Å². The summed E-state index contributed by atoms with van der Waals surface area (Å²) in [5.74, 6) is -1.01. The number of carboxylic acid groups (broad SMARTS) is 1. The second-order valence-corrected chi connectivity index (χ2v) is 6.17. The lowest BCUT2D eigenvalue weighted by Gasteiger charge is -2.38. The van der Waals surface area contributed by atoms with Crippen LogP contribution in [-0.2, 0) is 9.59 Å². The summed E-state index contributed by atoms with van der Waals surface area (Å²) < 4.78 is 0. The molecule has 2 N–H and O–H groups in total. The molecule has 0 aromatic heterocycles. The minimum Gasteiger partial charge on any atom is -0.480 e. The highest BCUT2D eigenvalue weighted by Gasteiger charge is 2.50. The number of benzene rings is 1. The standard InChI is InChI=1S/C15H16ClNO3/c16-10-4-1-3-9(7-10)11-8-12(11)13(18)17-15(14(19)20)5-2-6-15/h1,3-4,7,11-12H,2,5-6,8H2,(H,17,18)(H,19,20)/t11-,12-/m0/s1. The van der Waals surface area contributed by atoms with E-state index in [1.807, 2.05) is 18.2 Å². The molecule has 4 nitrogen and oxygen atoms in total. The third-order valence-corrected chi connectivity index (χ3v) is 4.62. The van der Waals surface area contributed by atoms with Crippen LogP contribution in [0.3, 0.4) is 0 Å². The largest absolute Gasteiger partial charge is 0.480 e. The van der Waals surface area contributed by atoms with Gasteiger partial charge in [-0.25, -0.2) is 4.79 Å². The number of carbonyl (C=O) groups is 2. The lowest BCUT2D eigenvalue weighted by Crippen LogP contribution is -2.59. The number of carboxylic acids is 1. The van der Waals surface area contributed by atoms with Gasteiger partial charge in [0.1, 0.15) is 5.54 Å². The van der Waals surface area contributed by atoms with Crippen molar-refractivity contribution < 1.29 is 14.7 Å². The monoisotopic (exact) mass is 293 g/mol. The Labute approximate surface area is 122 Å². The van der Waals surface area contributed by atoms with Gasteiger partial charge in [0, 0.05) is 10.9 Å². The van der Waals surface area contributed by atoms with E-state index in [9.17, 15) is 14.7 Å². The zero-order chi connectivity index (χ0) is 14.3. The topological polar surface area (TPSA) is 66.4 Å². The molecule has 20 heavy (non-hydrogen) atoms. The van der Waals surface area contributed by atoms with Crippen molar-refractivity contribution in [1.82, 2.24) is 5.32 Å². The van der Waals surface area contributed by atoms with Crippen molar-refractivity contribution in [2.75, 3.05) is 0 Å². The SMILES string of the molecule is O=C(NC1(C(=O)O)CCC1)[C@H]1C[C@H]1c1cccc(Cl)c1. The molecule has 2 aliphatic carbocycles. The fourth-order valence-electron chi connectivity index (χ4n) is 2.84. The Kier molecular flexibility index (Phi) is 3.21. The summed E-state index contributed by atoms with van der Waals surface area (Å²) in [5.41, 5.74) is 0.0362. The van der Waals surface area contributed by atoms with E-state index in [2.05, 4.69) is 5.32 Å². The molecule has 0 aliphatic heterocycles. The minimum absolute atomic E-state index is 0.120. The van der Waals surface area contributed by atoms with E-state index in [1.165, 1.54) is 0 Å². The first-order valence-corrected chi connectivity index (χ1v) is 7.20. The number of halogens is 1. The fourth-order valence-corrected chi connectivity index (χ4v) is 3.04. The molecule has 1 amide bonds. The first-order valence-electron chi connectivity index (χ1n) is 6.83. The lowest BCUT2D eigenvalue weighted by molar-refractivity contribution is -0.152. The number of nitrogens with one attached hydrogen (secondary N) is 1. The van der Waals surface area contributed by atoms with Crippen molar-refractivity contribution in [3.05, 3.63) is 34.9 Å². The van der Waals surface area contributed by atoms with Crippen molar-refractivity contribution >= 4 is 23.5 Å². The number of carbonyl (C=O) groups excluding carboxylic acids is 1. The summed E-state index contributed by atoms with van der Waals surface area (Å²) in [5, 5.41) is 12.6. The molecule has 0 saturated heterocycles. The van der Waals surface area contributed by atoms with E-state index >= 15 is 0 Å². The highest BCUT2D eigenvalue weighted by atomic mass is 35.5. The maximum atomic E-state index is 12.2. The van der Waals surface area contributed by atoms with Crippen LogP contribution in [0.4, 0.5) is 0 Å². The summed E-state index contributed by atoms with van der Waals surface area (Å²) in [6.07, 6.45) is 2.68. The van der Waals surface area contributed by atoms with E-state index < -0.39 is 11.5 Å². The summed E-state index contributed by atoms with van der Waals surface area (Å²) in [6.45, 7) is 0. The molecule has 1 aromatic rings. The molecule has 1 aromatic carbocycles. The Morgan fingerprint density at radius 2 is 2.10 bits per heavy atom. The molecule has 0 bridgehead atoms. The van der Waals surface area contributed by atoms with Gasteiger partial charge in [0.2, 0.25) is 5.91 Å². The number of hydrogen-bond acceptors (Lipinski definition) is 2. The number of hydrogen-bond donors (Lipinski definition) is 2. The first-order chi connectivity index (χ1) is 9.52. The highest BCUT2D eigenvalue weighted by Crippen LogP contribution is 2.48. The van der Waals surface area contributed by atoms with Gasteiger partial charge < -0.3 is 10.4 Å². The molecule has 3 rings (SSSR count). The molecular formula is C15H16ClNO3. The molecule has 0 spiro atoms. The average Bonchev–Trinajstić information content (AvgIpc) is 3.13.